The molecule has 0 unspecified atom stereocenters. The van der Waals surface area contributed by atoms with Crippen LogP contribution in [0, 0.1) is 11.8 Å². The quantitative estimate of drug-likeness (QED) is 0.472. The summed E-state index contributed by atoms with van der Waals surface area (Å²) in [6, 6.07) is 0. The van der Waals surface area contributed by atoms with E-state index in [0.717, 1.165) is 25.7 Å². The van der Waals surface area contributed by atoms with Crippen LogP contribution in [-0.4, -0.2) is 12.1 Å². The summed E-state index contributed by atoms with van der Waals surface area (Å²) in [6.45, 7) is 6.33. The molecule has 17 heavy (non-hydrogen) atoms. The lowest BCUT2D eigenvalue weighted by molar-refractivity contribution is -0.142. The minimum atomic E-state index is -0.0232. The summed E-state index contributed by atoms with van der Waals surface area (Å²) in [4.78, 5) is 11.7. The average molecular weight is 234 g/mol. The minimum Gasteiger partial charge on any atom is -0.458 e. The number of rotatable bonds is 0. The van der Waals surface area contributed by atoms with Gasteiger partial charge in [0.25, 0.3) is 0 Å². The Hall–Kier alpha value is -1.05. The van der Waals surface area contributed by atoms with Gasteiger partial charge in [0, 0.05) is 5.92 Å². The molecule has 0 spiro atoms. The van der Waals surface area contributed by atoms with Gasteiger partial charge in [-0.25, -0.2) is 0 Å². The van der Waals surface area contributed by atoms with Gasteiger partial charge in [0.2, 0.25) is 0 Å². The molecule has 2 aliphatic rings. The predicted octanol–water partition coefficient (Wildman–Crippen LogP) is 3.63. The summed E-state index contributed by atoms with van der Waals surface area (Å²) in [7, 11) is 0. The Kier molecular flexibility index (Phi) is 3.70. The highest BCUT2D eigenvalue weighted by molar-refractivity contribution is 5.75. The monoisotopic (exact) mass is 234 g/mol. The first kappa shape index (κ1) is 12.4. The molecule has 2 rings (SSSR count). The van der Waals surface area contributed by atoms with Crippen molar-refractivity contribution in [2.45, 2.75) is 52.6 Å². The van der Waals surface area contributed by atoms with Gasteiger partial charge >= 0.3 is 5.97 Å². The van der Waals surface area contributed by atoms with Crippen molar-refractivity contribution >= 4 is 5.97 Å². The molecule has 1 aliphatic heterocycles. The van der Waals surface area contributed by atoms with Gasteiger partial charge in [0.1, 0.15) is 6.10 Å². The van der Waals surface area contributed by atoms with Crippen molar-refractivity contribution in [3.63, 3.8) is 0 Å². The lowest BCUT2D eigenvalue weighted by Crippen LogP contribution is -2.18. The highest BCUT2D eigenvalue weighted by Crippen LogP contribution is 2.35. The number of esters is 1. The Morgan fingerprint density at radius 2 is 2.00 bits per heavy atom. The summed E-state index contributed by atoms with van der Waals surface area (Å²) in [5.74, 6) is 0.389. The van der Waals surface area contributed by atoms with E-state index in [2.05, 4.69) is 26.0 Å². The molecular formula is C15H22O2. The van der Waals surface area contributed by atoms with Gasteiger partial charge in [-0.2, -0.15) is 0 Å². The van der Waals surface area contributed by atoms with E-state index in [1.54, 1.807) is 0 Å². The minimum absolute atomic E-state index is 0.0170. The molecule has 2 nitrogen and oxygen atoms in total. The number of allylic oxidation sites excluding steroid dienone is 3. The van der Waals surface area contributed by atoms with E-state index in [0.29, 0.717) is 5.92 Å². The highest BCUT2D eigenvalue weighted by atomic mass is 16.6. The topological polar surface area (TPSA) is 26.3 Å². The second-order valence-electron chi connectivity index (χ2n) is 5.49. The van der Waals surface area contributed by atoms with Crippen molar-refractivity contribution in [3.05, 3.63) is 23.3 Å². The molecule has 0 N–H and O–H groups in total. The number of hydrogen-bond acceptors (Lipinski definition) is 2. The van der Waals surface area contributed by atoms with Crippen molar-refractivity contribution in [1.82, 2.24) is 0 Å². The molecule has 0 radical (unpaired) electrons. The van der Waals surface area contributed by atoms with E-state index >= 15 is 0 Å². The van der Waals surface area contributed by atoms with Crippen LogP contribution >= 0.6 is 0 Å². The first-order chi connectivity index (χ1) is 8.08. The first-order valence-corrected chi connectivity index (χ1v) is 6.61. The summed E-state index contributed by atoms with van der Waals surface area (Å²) < 4.78 is 5.48. The number of carbonyl (C=O) groups is 1. The van der Waals surface area contributed by atoms with Gasteiger partial charge in [-0.1, -0.05) is 24.1 Å². The van der Waals surface area contributed by atoms with E-state index in [-0.39, 0.29) is 18.0 Å². The molecule has 0 aromatic heterocycles. The Balaban J connectivity index is 2.21. The van der Waals surface area contributed by atoms with Crippen molar-refractivity contribution < 1.29 is 9.53 Å². The molecular weight excluding hydrogens is 212 g/mol. The molecule has 2 heteroatoms. The highest BCUT2D eigenvalue weighted by Gasteiger charge is 2.40. The molecule has 94 valence electrons. The zero-order chi connectivity index (χ0) is 12.4. The van der Waals surface area contributed by atoms with Crippen LogP contribution in [-0.2, 0) is 9.53 Å². The summed E-state index contributed by atoms with van der Waals surface area (Å²) in [5, 5.41) is 0. The fourth-order valence-corrected chi connectivity index (χ4v) is 2.77. The largest absolute Gasteiger partial charge is 0.458 e. The standard InChI is InChI=1S/C15H22O2/c1-10-5-4-6-11(2)9-14-13(8-7-10)12(3)15(16)17-14/h5,9,12-14H,4,6-8H2,1-3H3/b10-5+,11-9+/t12-,13-,14-/m0/s1. The van der Waals surface area contributed by atoms with Crippen LogP contribution in [0.25, 0.3) is 0 Å². The number of carbonyl (C=O) groups excluding carboxylic acids is 1. The maximum atomic E-state index is 11.7. The number of hydrogen-bond donors (Lipinski definition) is 0. The zero-order valence-corrected chi connectivity index (χ0v) is 11.0. The molecule has 0 aromatic rings. The fourth-order valence-electron chi connectivity index (χ4n) is 2.77. The van der Waals surface area contributed by atoms with Crippen molar-refractivity contribution in [1.29, 1.82) is 0 Å². The molecule has 0 amide bonds. The van der Waals surface area contributed by atoms with E-state index in [1.807, 2.05) is 6.92 Å². The number of fused-ring (bicyclic) bond motifs is 1. The van der Waals surface area contributed by atoms with E-state index < -0.39 is 0 Å². The van der Waals surface area contributed by atoms with Gasteiger partial charge in [-0.05, 0) is 45.6 Å². The predicted molar refractivity (Wildman–Crippen MR) is 68.5 cm³/mol. The molecule has 1 fully saturated rings. The molecule has 1 aliphatic carbocycles. The molecule has 0 aromatic carbocycles. The van der Waals surface area contributed by atoms with E-state index in [1.165, 1.54) is 11.1 Å². The molecule has 3 atom stereocenters. The third-order valence-electron chi connectivity index (χ3n) is 4.04. The van der Waals surface area contributed by atoms with Gasteiger partial charge in [-0.15, -0.1) is 0 Å². The van der Waals surface area contributed by atoms with Crippen LogP contribution in [0.3, 0.4) is 0 Å². The molecule has 1 heterocycles. The average Bonchev–Trinajstić information content (AvgIpc) is 2.52. The Bertz CT molecular complexity index is 365. The summed E-state index contributed by atoms with van der Waals surface area (Å²) in [6.07, 6.45) is 8.85. The van der Waals surface area contributed by atoms with Crippen molar-refractivity contribution in [2.24, 2.45) is 11.8 Å². The van der Waals surface area contributed by atoms with Gasteiger partial charge in [0.15, 0.2) is 0 Å². The fraction of sp³-hybridized carbons (Fsp3) is 0.667. The van der Waals surface area contributed by atoms with Crippen LogP contribution in [0.2, 0.25) is 0 Å². The third-order valence-corrected chi connectivity index (χ3v) is 4.04. The third kappa shape index (κ3) is 2.80. The van der Waals surface area contributed by atoms with Crippen LogP contribution in [0.15, 0.2) is 23.3 Å². The normalized spacial score (nSPS) is 40.6. The van der Waals surface area contributed by atoms with Crippen molar-refractivity contribution in [3.8, 4) is 0 Å². The maximum Gasteiger partial charge on any atom is 0.309 e. The van der Waals surface area contributed by atoms with E-state index in [9.17, 15) is 4.79 Å². The van der Waals surface area contributed by atoms with Crippen LogP contribution in [0.1, 0.15) is 46.5 Å². The summed E-state index contributed by atoms with van der Waals surface area (Å²) >= 11 is 0. The molecule has 1 saturated heterocycles. The SMILES string of the molecule is C/C1=C\[C@@H]2OC(=O)[C@@H](C)[C@@H]2CC/C(C)=C/CC1. The Labute approximate surface area is 104 Å². The summed E-state index contributed by atoms with van der Waals surface area (Å²) in [5.41, 5.74) is 2.79. The lowest BCUT2D eigenvalue weighted by atomic mass is 9.85. The first-order valence-electron chi connectivity index (χ1n) is 6.61. The van der Waals surface area contributed by atoms with Gasteiger partial charge in [-0.3, -0.25) is 4.79 Å². The van der Waals surface area contributed by atoms with Crippen LogP contribution < -0.4 is 0 Å². The van der Waals surface area contributed by atoms with Crippen LogP contribution in [0.4, 0.5) is 0 Å². The maximum absolute atomic E-state index is 11.7. The lowest BCUT2D eigenvalue weighted by Gasteiger charge is -2.19. The second-order valence-corrected chi connectivity index (χ2v) is 5.49. The molecule has 0 bridgehead atoms. The van der Waals surface area contributed by atoms with Crippen molar-refractivity contribution in [2.75, 3.05) is 0 Å². The van der Waals surface area contributed by atoms with Gasteiger partial charge in [0.05, 0.1) is 5.92 Å². The van der Waals surface area contributed by atoms with Gasteiger partial charge < -0.3 is 4.74 Å². The second kappa shape index (κ2) is 5.07. The Morgan fingerprint density at radius 3 is 2.76 bits per heavy atom. The van der Waals surface area contributed by atoms with E-state index in [4.69, 9.17) is 4.74 Å². The number of ether oxygens (including phenoxy) is 1. The zero-order valence-electron chi connectivity index (χ0n) is 11.0. The smallest absolute Gasteiger partial charge is 0.309 e. The molecule has 0 saturated carbocycles. The Morgan fingerprint density at radius 1 is 1.24 bits per heavy atom. The van der Waals surface area contributed by atoms with Crippen LogP contribution in [0.5, 0.6) is 0 Å².